The Labute approximate surface area is 133 Å². The van der Waals surface area contributed by atoms with Gasteiger partial charge in [0.15, 0.2) is 0 Å². The van der Waals surface area contributed by atoms with E-state index in [9.17, 15) is 9.59 Å². The number of likely N-dealkylation sites (tertiary alicyclic amines) is 1. The van der Waals surface area contributed by atoms with Gasteiger partial charge in [-0.15, -0.1) is 0 Å². The van der Waals surface area contributed by atoms with Crippen LogP contribution in [0.3, 0.4) is 0 Å². The number of carbonyl (C=O) groups excluding carboxylic acids is 2. The average molecular weight is 307 g/mol. The standard InChI is InChI=1S/C17H29N3O2/c1-14-9-5-6-10-17(14)15(21)20(16(22)18-17)13-19-11-7-3-2-4-8-12-19/h14H,2-13H2,1H3,(H,18,22). The van der Waals surface area contributed by atoms with Crippen LogP contribution < -0.4 is 5.32 Å². The summed E-state index contributed by atoms with van der Waals surface area (Å²) in [5, 5.41) is 3.05. The SMILES string of the molecule is CC1CCCCC12NC(=O)N(CN1CCCCCCC1)C2=O. The highest BCUT2D eigenvalue weighted by Gasteiger charge is 2.54. The zero-order valence-electron chi connectivity index (χ0n) is 13.8. The third kappa shape index (κ3) is 2.87. The van der Waals surface area contributed by atoms with E-state index in [1.807, 2.05) is 0 Å². The molecule has 1 aliphatic carbocycles. The molecule has 2 saturated heterocycles. The fourth-order valence-electron chi connectivity index (χ4n) is 4.28. The smallest absolute Gasteiger partial charge is 0.323 e. The summed E-state index contributed by atoms with van der Waals surface area (Å²) in [5.41, 5.74) is -0.613. The zero-order valence-corrected chi connectivity index (χ0v) is 13.8. The Morgan fingerprint density at radius 3 is 2.41 bits per heavy atom. The van der Waals surface area contributed by atoms with Gasteiger partial charge < -0.3 is 5.32 Å². The van der Waals surface area contributed by atoms with Crippen molar-refractivity contribution in [1.29, 1.82) is 0 Å². The molecule has 3 fully saturated rings. The quantitative estimate of drug-likeness (QED) is 0.798. The van der Waals surface area contributed by atoms with Crippen LogP contribution in [0, 0.1) is 5.92 Å². The molecule has 1 saturated carbocycles. The number of carbonyl (C=O) groups is 2. The second kappa shape index (κ2) is 6.57. The van der Waals surface area contributed by atoms with Gasteiger partial charge in [-0.25, -0.2) is 9.69 Å². The van der Waals surface area contributed by atoms with E-state index in [4.69, 9.17) is 0 Å². The van der Waals surface area contributed by atoms with Crippen molar-refractivity contribution < 1.29 is 9.59 Å². The third-order valence-electron chi connectivity index (χ3n) is 5.79. The van der Waals surface area contributed by atoms with Crippen molar-refractivity contribution >= 4 is 11.9 Å². The molecular weight excluding hydrogens is 278 g/mol. The molecule has 2 unspecified atom stereocenters. The topological polar surface area (TPSA) is 52.7 Å². The Bertz CT molecular complexity index is 432. The van der Waals surface area contributed by atoms with E-state index in [2.05, 4.69) is 17.1 Å². The van der Waals surface area contributed by atoms with Crippen LogP contribution in [0.1, 0.15) is 64.7 Å². The molecule has 0 bridgehead atoms. The van der Waals surface area contributed by atoms with Crippen LogP contribution in [0.4, 0.5) is 4.79 Å². The van der Waals surface area contributed by atoms with Gasteiger partial charge in [0.2, 0.25) is 0 Å². The van der Waals surface area contributed by atoms with Gasteiger partial charge >= 0.3 is 6.03 Å². The number of nitrogens with zero attached hydrogens (tertiary/aromatic N) is 2. The fourth-order valence-corrected chi connectivity index (χ4v) is 4.28. The fraction of sp³-hybridized carbons (Fsp3) is 0.882. The van der Waals surface area contributed by atoms with E-state index in [1.165, 1.54) is 37.0 Å². The molecule has 2 atom stereocenters. The molecule has 22 heavy (non-hydrogen) atoms. The average Bonchev–Trinajstić information content (AvgIpc) is 2.70. The molecule has 0 aromatic heterocycles. The summed E-state index contributed by atoms with van der Waals surface area (Å²) in [5.74, 6) is 0.266. The molecule has 2 aliphatic heterocycles. The lowest BCUT2D eigenvalue weighted by atomic mass is 9.73. The summed E-state index contributed by atoms with van der Waals surface area (Å²) in [6.07, 6.45) is 10.2. The maximum atomic E-state index is 12.9. The molecule has 3 aliphatic rings. The summed E-state index contributed by atoms with van der Waals surface area (Å²) < 4.78 is 0. The minimum atomic E-state index is -0.613. The van der Waals surface area contributed by atoms with E-state index in [1.54, 1.807) is 0 Å². The van der Waals surface area contributed by atoms with Gasteiger partial charge in [0.05, 0.1) is 6.67 Å². The van der Waals surface area contributed by atoms with Crippen LogP contribution in [0.15, 0.2) is 0 Å². The molecule has 0 aromatic rings. The van der Waals surface area contributed by atoms with E-state index in [-0.39, 0.29) is 17.9 Å². The molecule has 5 nitrogen and oxygen atoms in total. The van der Waals surface area contributed by atoms with Crippen molar-refractivity contribution in [3.05, 3.63) is 0 Å². The van der Waals surface area contributed by atoms with Crippen LogP contribution in [-0.2, 0) is 4.79 Å². The maximum Gasteiger partial charge on any atom is 0.326 e. The predicted octanol–water partition coefficient (Wildman–Crippen LogP) is 2.71. The van der Waals surface area contributed by atoms with Gasteiger partial charge in [0.1, 0.15) is 5.54 Å². The molecule has 2 heterocycles. The molecule has 0 aromatic carbocycles. The normalized spacial score (nSPS) is 34.6. The molecule has 1 N–H and O–H groups in total. The molecule has 1 spiro atoms. The molecule has 5 heteroatoms. The largest absolute Gasteiger partial charge is 0.326 e. The van der Waals surface area contributed by atoms with Gasteiger partial charge in [0.25, 0.3) is 5.91 Å². The van der Waals surface area contributed by atoms with Crippen molar-refractivity contribution in [1.82, 2.24) is 15.1 Å². The summed E-state index contributed by atoms with van der Waals surface area (Å²) >= 11 is 0. The van der Waals surface area contributed by atoms with Crippen LogP contribution in [0.25, 0.3) is 0 Å². The van der Waals surface area contributed by atoms with Crippen molar-refractivity contribution in [2.45, 2.75) is 70.3 Å². The lowest BCUT2D eigenvalue weighted by Gasteiger charge is -2.37. The first-order chi connectivity index (χ1) is 10.6. The second-order valence-corrected chi connectivity index (χ2v) is 7.31. The van der Waals surface area contributed by atoms with Gasteiger partial charge in [-0.05, 0) is 44.7 Å². The summed E-state index contributed by atoms with van der Waals surface area (Å²) in [7, 11) is 0. The van der Waals surface area contributed by atoms with Crippen LogP contribution in [0.5, 0.6) is 0 Å². The second-order valence-electron chi connectivity index (χ2n) is 7.31. The Morgan fingerprint density at radius 2 is 1.73 bits per heavy atom. The Balaban J connectivity index is 1.68. The minimum absolute atomic E-state index is 0.0201. The molecule has 3 rings (SSSR count). The minimum Gasteiger partial charge on any atom is -0.323 e. The van der Waals surface area contributed by atoms with Crippen molar-refractivity contribution in [2.24, 2.45) is 5.92 Å². The highest BCUT2D eigenvalue weighted by molar-refractivity contribution is 6.07. The summed E-state index contributed by atoms with van der Waals surface area (Å²) in [6, 6.07) is -0.180. The number of hydrogen-bond donors (Lipinski definition) is 1. The highest BCUT2D eigenvalue weighted by atomic mass is 16.2. The summed E-state index contributed by atoms with van der Waals surface area (Å²) in [6.45, 7) is 4.58. The Hall–Kier alpha value is -1.10. The van der Waals surface area contributed by atoms with Gasteiger partial charge in [-0.1, -0.05) is 39.0 Å². The van der Waals surface area contributed by atoms with E-state index >= 15 is 0 Å². The predicted molar refractivity (Wildman–Crippen MR) is 85.3 cm³/mol. The number of nitrogens with one attached hydrogen (secondary N) is 1. The van der Waals surface area contributed by atoms with Gasteiger partial charge in [-0.3, -0.25) is 9.69 Å². The zero-order chi connectivity index (χ0) is 15.6. The molecule has 3 amide bonds. The van der Waals surface area contributed by atoms with E-state index in [0.717, 1.165) is 38.8 Å². The monoisotopic (exact) mass is 307 g/mol. The molecule has 0 radical (unpaired) electrons. The molecular formula is C17H29N3O2. The first-order valence-corrected chi connectivity index (χ1v) is 9.00. The number of urea groups is 1. The van der Waals surface area contributed by atoms with Gasteiger partial charge in [0, 0.05) is 0 Å². The molecule has 124 valence electrons. The van der Waals surface area contributed by atoms with Crippen LogP contribution in [-0.4, -0.2) is 47.0 Å². The Kier molecular flexibility index (Phi) is 4.71. The van der Waals surface area contributed by atoms with E-state index < -0.39 is 5.54 Å². The van der Waals surface area contributed by atoms with Crippen LogP contribution in [0.2, 0.25) is 0 Å². The number of hydrogen-bond acceptors (Lipinski definition) is 3. The number of imide groups is 1. The lowest BCUT2D eigenvalue weighted by molar-refractivity contribution is -0.135. The Morgan fingerprint density at radius 1 is 1.05 bits per heavy atom. The summed E-state index contributed by atoms with van der Waals surface area (Å²) in [4.78, 5) is 29.1. The maximum absolute atomic E-state index is 12.9. The first-order valence-electron chi connectivity index (χ1n) is 9.00. The third-order valence-corrected chi connectivity index (χ3v) is 5.79. The van der Waals surface area contributed by atoms with E-state index in [0.29, 0.717) is 6.67 Å². The lowest BCUT2D eigenvalue weighted by Crippen LogP contribution is -2.54. The number of amides is 3. The highest BCUT2D eigenvalue weighted by Crippen LogP contribution is 2.38. The van der Waals surface area contributed by atoms with Crippen LogP contribution >= 0.6 is 0 Å². The van der Waals surface area contributed by atoms with Gasteiger partial charge in [-0.2, -0.15) is 0 Å². The van der Waals surface area contributed by atoms with Crippen molar-refractivity contribution in [3.8, 4) is 0 Å². The number of rotatable bonds is 2. The van der Waals surface area contributed by atoms with Crippen molar-refractivity contribution in [3.63, 3.8) is 0 Å². The van der Waals surface area contributed by atoms with Crippen molar-refractivity contribution in [2.75, 3.05) is 19.8 Å². The first kappa shape index (κ1) is 15.8.